The molecule has 100 valence electrons. The summed E-state index contributed by atoms with van der Waals surface area (Å²) in [5.74, 6) is 0.745. The van der Waals surface area contributed by atoms with E-state index in [2.05, 4.69) is 9.71 Å². The molecule has 0 bridgehead atoms. The summed E-state index contributed by atoms with van der Waals surface area (Å²) < 4.78 is 26.5. The van der Waals surface area contributed by atoms with Gasteiger partial charge in [0.15, 0.2) is 0 Å². The molecule has 1 aromatic heterocycles. The second-order valence-corrected chi connectivity index (χ2v) is 6.89. The van der Waals surface area contributed by atoms with E-state index in [1.807, 2.05) is 0 Å². The lowest BCUT2D eigenvalue weighted by Crippen LogP contribution is -2.24. The van der Waals surface area contributed by atoms with E-state index in [0.717, 1.165) is 25.7 Å². The molecule has 1 aliphatic carbocycles. The maximum absolute atomic E-state index is 12.0. The molecular weight excluding hydrogens is 272 g/mol. The predicted molar refractivity (Wildman–Crippen MR) is 73.2 cm³/mol. The summed E-state index contributed by atoms with van der Waals surface area (Å²) in [7, 11) is -3.32. The first-order valence-corrected chi connectivity index (χ1v) is 8.21. The van der Waals surface area contributed by atoms with Gasteiger partial charge in [-0.05, 0) is 30.9 Å². The Morgan fingerprint density at radius 2 is 2.00 bits per heavy atom. The highest BCUT2D eigenvalue weighted by atomic mass is 35.5. The number of nitrogens with one attached hydrogen (secondary N) is 1. The highest BCUT2D eigenvalue weighted by molar-refractivity contribution is 7.92. The molecule has 0 atom stereocenters. The molecule has 0 saturated heterocycles. The summed E-state index contributed by atoms with van der Waals surface area (Å²) in [4.78, 5) is 3.93. The summed E-state index contributed by atoms with van der Waals surface area (Å²) in [5.41, 5.74) is 0. The van der Waals surface area contributed by atoms with Gasteiger partial charge in [0, 0.05) is 0 Å². The fraction of sp³-hybridized carbons (Fsp3) is 0.583. The summed E-state index contributed by atoms with van der Waals surface area (Å²) in [5, 5.41) is 0.285. The van der Waals surface area contributed by atoms with Crippen molar-refractivity contribution in [3.05, 3.63) is 23.4 Å². The van der Waals surface area contributed by atoms with Gasteiger partial charge in [-0.25, -0.2) is 13.4 Å². The molecule has 0 radical (unpaired) electrons. The zero-order chi connectivity index (χ0) is 13.0. The van der Waals surface area contributed by atoms with Gasteiger partial charge in [0.05, 0.1) is 5.75 Å². The van der Waals surface area contributed by atoms with Gasteiger partial charge in [-0.1, -0.05) is 36.9 Å². The normalized spacial score (nSPS) is 17.6. The third-order valence-corrected chi connectivity index (χ3v) is 4.80. The molecule has 18 heavy (non-hydrogen) atoms. The molecule has 1 aromatic rings. The Morgan fingerprint density at radius 1 is 1.28 bits per heavy atom. The van der Waals surface area contributed by atoms with E-state index in [0.29, 0.717) is 5.82 Å². The molecule has 0 aliphatic heterocycles. The third-order valence-electron chi connectivity index (χ3n) is 3.16. The quantitative estimate of drug-likeness (QED) is 0.866. The van der Waals surface area contributed by atoms with Crippen LogP contribution in [0.2, 0.25) is 5.15 Å². The highest BCUT2D eigenvalue weighted by Gasteiger charge is 2.21. The Kier molecular flexibility index (Phi) is 4.45. The van der Waals surface area contributed by atoms with Crippen molar-refractivity contribution in [2.24, 2.45) is 5.92 Å². The molecule has 0 unspecified atom stereocenters. The summed E-state index contributed by atoms with van der Waals surface area (Å²) in [6.07, 6.45) is 5.50. The maximum Gasteiger partial charge on any atom is 0.234 e. The molecule has 0 aromatic carbocycles. The van der Waals surface area contributed by atoms with Crippen LogP contribution in [0.5, 0.6) is 0 Å². The monoisotopic (exact) mass is 288 g/mol. The molecule has 2 rings (SSSR count). The highest BCUT2D eigenvalue weighted by Crippen LogP contribution is 2.25. The zero-order valence-corrected chi connectivity index (χ0v) is 11.7. The molecule has 4 nitrogen and oxygen atoms in total. The van der Waals surface area contributed by atoms with Crippen molar-refractivity contribution in [1.29, 1.82) is 0 Å². The minimum Gasteiger partial charge on any atom is -0.267 e. The van der Waals surface area contributed by atoms with Crippen LogP contribution in [0.25, 0.3) is 0 Å². The van der Waals surface area contributed by atoms with Gasteiger partial charge in [-0.2, -0.15) is 0 Å². The largest absolute Gasteiger partial charge is 0.267 e. The van der Waals surface area contributed by atoms with E-state index in [-0.39, 0.29) is 16.8 Å². The molecule has 6 heteroatoms. The number of sulfonamides is 1. The van der Waals surface area contributed by atoms with Gasteiger partial charge in [-0.3, -0.25) is 4.72 Å². The standard InChI is InChI=1S/C12H17ClN2O2S/c13-11-7-4-8-12(14-11)15-18(16,17)9-10-5-2-1-3-6-10/h4,7-8,10H,1-3,5-6,9H2,(H,14,15). The van der Waals surface area contributed by atoms with Crippen LogP contribution in [0, 0.1) is 5.92 Å². The van der Waals surface area contributed by atoms with Crippen LogP contribution in [0.15, 0.2) is 18.2 Å². The average Bonchev–Trinajstić information content (AvgIpc) is 2.28. The van der Waals surface area contributed by atoms with Gasteiger partial charge in [0.25, 0.3) is 0 Å². The van der Waals surface area contributed by atoms with Crippen LogP contribution >= 0.6 is 11.6 Å². The van der Waals surface area contributed by atoms with E-state index in [9.17, 15) is 8.42 Å². The van der Waals surface area contributed by atoms with Crippen molar-refractivity contribution in [1.82, 2.24) is 4.98 Å². The van der Waals surface area contributed by atoms with Gasteiger partial charge in [0.2, 0.25) is 10.0 Å². The number of pyridine rings is 1. The third kappa shape index (κ3) is 4.14. The van der Waals surface area contributed by atoms with Crippen molar-refractivity contribution in [2.75, 3.05) is 10.5 Å². The molecule has 1 fully saturated rings. The first-order chi connectivity index (χ1) is 8.55. The van der Waals surface area contributed by atoms with Crippen molar-refractivity contribution >= 4 is 27.4 Å². The number of nitrogens with zero attached hydrogens (tertiary/aromatic N) is 1. The minimum atomic E-state index is -3.32. The average molecular weight is 289 g/mol. The number of aromatic nitrogens is 1. The molecule has 0 amide bonds. The van der Waals surface area contributed by atoms with Crippen LogP contribution in [0.3, 0.4) is 0 Å². The first kappa shape index (κ1) is 13.6. The Morgan fingerprint density at radius 3 is 2.67 bits per heavy atom. The lowest BCUT2D eigenvalue weighted by atomic mass is 9.91. The molecule has 1 N–H and O–H groups in total. The van der Waals surface area contributed by atoms with Gasteiger partial charge in [0.1, 0.15) is 11.0 Å². The van der Waals surface area contributed by atoms with Crippen LogP contribution < -0.4 is 4.72 Å². The van der Waals surface area contributed by atoms with Crippen LogP contribution in [0.1, 0.15) is 32.1 Å². The van der Waals surface area contributed by atoms with Gasteiger partial charge < -0.3 is 0 Å². The number of rotatable bonds is 4. The molecule has 0 spiro atoms. The Bertz CT molecular complexity index is 499. The Hall–Kier alpha value is -0.810. The predicted octanol–water partition coefficient (Wildman–Crippen LogP) is 3.06. The fourth-order valence-corrected chi connectivity index (χ4v) is 3.96. The van der Waals surface area contributed by atoms with Crippen LogP contribution in [-0.4, -0.2) is 19.2 Å². The van der Waals surface area contributed by atoms with Crippen LogP contribution in [0.4, 0.5) is 5.82 Å². The number of hydrogen-bond acceptors (Lipinski definition) is 3. The molecular formula is C12H17ClN2O2S. The van der Waals surface area contributed by atoms with E-state index in [4.69, 9.17) is 11.6 Å². The maximum atomic E-state index is 12.0. The minimum absolute atomic E-state index is 0.182. The van der Waals surface area contributed by atoms with Crippen LogP contribution in [-0.2, 0) is 10.0 Å². The first-order valence-electron chi connectivity index (χ1n) is 6.18. The van der Waals surface area contributed by atoms with E-state index in [1.165, 1.54) is 6.42 Å². The van der Waals surface area contributed by atoms with Crippen molar-refractivity contribution in [2.45, 2.75) is 32.1 Å². The number of hydrogen-bond donors (Lipinski definition) is 1. The number of halogens is 1. The second kappa shape index (κ2) is 5.89. The van der Waals surface area contributed by atoms with E-state index in [1.54, 1.807) is 18.2 Å². The lowest BCUT2D eigenvalue weighted by Gasteiger charge is -2.21. The van der Waals surface area contributed by atoms with Gasteiger partial charge in [-0.15, -0.1) is 0 Å². The fourth-order valence-electron chi connectivity index (χ4n) is 2.33. The van der Waals surface area contributed by atoms with Crippen molar-refractivity contribution in [3.63, 3.8) is 0 Å². The van der Waals surface area contributed by atoms with Crippen molar-refractivity contribution < 1.29 is 8.42 Å². The second-order valence-electron chi connectivity index (χ2n) is 4.73. The summed E-state index contributed by atoms with van der Waals surface area (Å²) >= 11 is 5.72. The molecule has 1 heterocycles. The van der Waals surface area contributed by atoms with Gasteiger partial charge >= 0.3 is 0 Å². The molecule has 1 saturated carbocycles. The Labute approximate surface area is 113 Å². The van der Waals surface area contributed by atoms with E-state index >= 15 is 0 Å². The zero-order valence-electron chi connectivity index (χ0n) is 10.1. The Balaban J connectivity index is 1.98. The summed E-state index contributed by atoms with van der Waals surface area (Å²) in [6.45, 7) is 0. The smallest absolute Gasteiger partial charge is 0.234 e. The number of anilines is 1. The molecule has 1 aliphatic rings. The SMILES string of the molecule is O=S(=O)(CC1CCCCC1)Nc1cccc(Cl)n1. The van der Waals surface area contributed by atoms with E-state index < -0.39 is 10.0 Å². The van der Waals surface area contributed by atoms with Crippen molar-refractivity contribution in [3.8, 4) is 0 Å². The topological polar surface area (TPSA) is 59.1 Å². The lowest BCUT2D eigenvalue weighted by molar-refractivity contribution is 0.385. The summed E-state index contributed by atoms with van der Waals surface area (Å²) in [6, 6.07) is 4.89.